The van der Waals surface area contributed by atoms with E-state index in [0.717, 1.165) is 9.99 Å². The predicted octanol–water partition coefficient (Wildman–Crippen LogP) is 4.02. The van der Waals surface area contributed by atoms with Gasteiger partial charge in [0.15, 0.2) is 0 Å². The summed E-state index contributed by atoms with van der Waals surface area (Å²) in [5.41, 5.74) is 1.21. The van der Waals surface area contributed by atoms with Gasteiger partial charge in [-0.25, -0.2) is 12.8 Å². The molecule has 9 heteroatoms. The molecule has 4 rings (SSSR count). The molecule has 0 unspecified atom stereocenters. The van der Waals surface area contributed by atoms with Gasteiger partial charge in [-0.15, -0.1) is 0 Å². The zero-order chi connectivity index (χ0) is 23.4. The van der Waals surface area contributed by atoms with Crippen LogP contribution in [0.25, 0.3) is 0 Å². The summed E-state index contributed by atoms with van der Waals surface area (Å²) in [4.78, 5) is 17.0. The van der Waals surface area contributed by atoms with Crippen LogP contribution in [0, 0.1) is 5.82 Å². The van der Waals surface area contributed by atoms with Crippen molar-refractivity contribution in [1.82, 2.24) is 4.90 Å². The Morgan fingerprint density at radius 1 is 0.909 bits per heavy atom. The van der Waals surface area contributed by atoms with Gasteiger partial charge in [-0.2, -0.15) is 0 Å². The molecular weight excluding hydrogens is 465 g/mol. The number of sulfonamides is 1. The minimum atomic E-state index is -4.02. The molecule has 3 aromatic rings. The van der Waals surface area contributed by atoms with Crippen LogP contribution in [0.1, 0.15) is 0 Å². The molecule has 1 fully saturated rings. The third-order valence-corrected chi connectivity index (χ3v) is 7.55. The molecule has 0 saturated carbocycles. The molecule has 1 saturated heterocycles. The zero-order valence-electron chi connectivity index (χ0n) is 17.8. The number of carbonyl (C=O) groups excluding carboxylic acids is 1. The normalized spacial score (nSPS) is 14.2. The van der Waals surface area contributed by atoms with E-state index in [-0.39, 0.29) is 23.0 Å². The van der Waals surface area contributed by atoms with Gasteiger partial charge in [0.25, 0.3) is 10.0 Å². The third-order valence-electron chi connectivity index (χ3n) is 5.53. The first kappa shape index (κ1) is 23.1. The van der Waals surface area contributed by atoms with Crippen LogP contribution in [0.15, 0.2) is 83.8 Å². The number of carbonyl (C=O) groups is 1. The van der Waals surface area contributed by atoms with E-state index in [0.29, 0.717) is 31.2 Å². The van der Waals surface area contributed by atoms with Crippen molar-refractivity contribution in [2.45, 2.75) is 4.90 Å². The van der Waals surface area contributed by atoms with Crippen molar-refractivity contribution in [3.8, 4) is 0 Å². The summed E-state index contributed by atoms with van der Waals surface area (Å²) >= 11 is 6.08. The van der Waals surface area contributed by atoms with Crippen LogP contribution in [-0.4, -0.2) is 51.9 Å². The number of nitrogens with zero attached hydrogens (tertiary/aromatic N) is 3. The Labute approximate surface area is 197 Å². The second-order valence-electron chi connectivity index (χ2n) is 7.65. The van der Waals surface area contributed by atoms with Gasteiger partial charge in [0.1, 0.15) is 12.4 Å². The highest BCUT2D eigenvalue weighted by molar-refractivity contribution is 7.92. The van der Waals surface area contributed by atoms with E-state index in [1.807, 2.05) is 24.3 Å². The molecule has 0 atom stereocenters. The fraction of sp³-hybridized carbons (Fsp3) is 0.208. The number of amides is 1. The maximum Gasteiger partial charge on any atom is 0.264 e. The van der Waals surface area contributed by atoms with Gasteiger partial charge in [-0.05, 0) is 54.6 Å². The molecule has 33 heavy (non-hydrogen) atoms. The van der Waals surface area contributed by atoms with Crippen LogP contribution < -0.4 is 9.21 Å². The Kier molecular flexibility index (Phi) is 6.85. The maximum absolute atomic E-state index is 13.5. The average molecular weight is 488 g/mol. The van der Waals surface area contributed by atoms with Crippen LogP contribution in [-0.2, 0) is 14.8 Å². The number of rotatable bonds is 6. The Bertz CT molecular complexity index is 1220. The summed E-state index contributed by atoms with van der Waals surface area (Å²) in [7, 11) is -4.02. The molecule has 1 amide bonds. The topological polar surface area (TPSA) is 60.9 Å². The predicted molar refractivity (Wildman–Crippen MR) is 128 cm³/mol. The van der Waals surface area contributed by atoms with Crippen molar-refractivity contribution in [3.05, 3.63) is 89.7 Å². The van der Waals surface area contributed by atoms with Crippen molar-refractivity contribution in [1.29, 1.82) is 0 Å². The standard InChI is InChI=1S/C24H23ClFN3O3S/c25-19-5-4-6-22(17-19)27-13-15-28(16-14-27)24(30)18-29(21-11-9-20(26)10-12-21)33(31,32)23-7-2-1-3-8-23/h1-12,17H,13-16,18H2. The van der Waals surface area contributed by atoms with Crippen LogP contribution in [0.4, 0.5) is 15.8 Å². The van der Waals surface area contributed by atoms with Crippen molar-refractivity contribution in [2.24, 2.45) is 0 Å². The molecule has 0 aliphatic carbocycles. The molecule has 0 spiro atoms. The molecule has 172 valence electrons. The summed E-state index contributed by atoms with van der Waals surface area (Å²) in [6.45, 7) is 1.74. The second kappa shape index (κ2) is 9.80. The maximum atomic E-state index is 13.5. The van der Waals surface area contributed by atoms with E-state index in [4.69, 9.17) is 11.6 Å². The molecule has 0 radical (unpaired) electrons. The lowest BCUT2D eigenvalue weighted by Gasteiger charge is -2.37. The van der Waals surface area contributed by atoms with Gasteiger partial charge in [0, 0.05) is 36.9 Å². The molecular formula is C24H23ClFN3O3S. The van der Waals surface area contributed by atoms with Gasteiger partial charge in [-0.1, -0.05) is 35.9 Å². The Hall–Kier alpha value is -3.10. The molecule has 1 aliphatic heterocycles. The Morgan fingerprint density at radius 3 is 2.21 bits per heavy atom. The smallest absolute Gasteiger partial charge is 0.264 e. The molecule has 1 aliphatic rings. The zero-order valence-corrected chi connectivity index (χ0v) is 19.3. The minimum absolute atomic E-state index is 0.0629. The highest BCUT2D eigenvalue weighted by Gasteiger charge is 2.30. The largest absolute Gasteiger partial charge is 0.368 e. The summed E-state index contributed by atoms with van der Waals surface area (Å²) in [5.74, 6) is -0.802. The van der Waals surface area contributed by atoms with E-state index >= 15 is 0 Å². The number of hydrogen-bond acceptors (Lipinski definition) is 4. The van der Waals surface area contributed by atoms with Crippen LogP contribution >= 0.6 is 11.6 Å². The van der Waals surface area contributed by atoms with Gasteiger partial charge in [0.05, 0.1) is 10.6 Å². The van der Waals surface area contributed by atoms with Gasteiger partial charge < -0.3 is 9.80 Å². The molecule has 6 nitrogen and oxygen atoms in total. The van der Waals surface area contributed by atoms with Crippen molar-refractivity contribution >= 4 is 38.9 Å². The lowest BCUT2D eigenvalue weighted by Crippen LogP contribution is -2.52. The molecule has 1 heterocycles. The summed E-state index contributed by atoms with van der Waals surface area (Å²) < 4.78 is 41.2. The summed E-state index contributed by atoms with van der Waals surface area (Å²) in [6.07, 6.45) is 0. The lowest BCUT2D eigenvalue weighted by atomic mass is 10.2. The van der Waals surface area contributed by atoms with E-state index < -0.39 is 15.8 Å². The first-order valence-electron chi connectivity index (χ1n) is 10.5. The Balaban J connectivity index is 1.52. The van der Waals surface area contributed by atoms with Gasteiger partial charge in [0.2, 0.25) is 5.91 Å². The van der Waals surface area contributed by atoms with Crippen molar-refractivity contribution in [2.75, 3.05) is 41.9 Å². The van der Waals surface area contributed by atoms with Crippen LogP contribution in [0.2, 0.25) is 5.02 Å². The SMILES string of the molecule is O=C(CN(c1ccc(F)cc1)S(=O)(=O)c1ccccc1)N1CCN(c2cccc(Cl)c2)CC1. The average Bonchev–Trinajstić information content (AvgIpc) is 2.83. The molecule has 0 aromatic heterocycles. The highest BCUT2D eigenvalue weighted by Crippen LogP contribution is 2.25. The second-order valence-corrected chi connectivity index (χ2v) is 9.95. The monoisotopic (exact) mass is 487 g/mol. The van der Waals surface area contributed by atoms with E-state index in [2.05, 4.69) is 4.90 Å². The highest BCUT2D eigenvalue weighted by atomic mass is 35.5. The summed E-state index contributed by atoms with van der Waals surface area (Å²) in [5, 5.41) is 0.645. The van der Waals surface area contributed by atoms with Crippen LogP contribution in [0.5, 0.6) is 0 Å². The number of halogens is 2. The van der Waals surface area contributed by atoms with Gasteiger partial charge >= 0.3 is 0 Å². The number of hydrogen-bond donors (Lipinski definition) is 0. The lowest BCUT2D eigenvalue weighted by molar-refractivity contribution is -0.129. The minimum Gasteiger partial charge on any atom is -0.368 e. The first-order valence-corrected chi connectivity index (χ1v) is 12.3. The first-order chi connectivity index (χ1) is 15.8. The number of benzene rings is 3. The van der Waals surface area contributed by atoms with E-state index in [1.165, 1.54) is 36.4 Å². The van der Waals surface area contributed by atoms with E-state index in [9.17, 15) is 17.6 Å². The fourth-order valence-corrected chi connectivity index (χ4v) is 5.37. The number of anilines is 2. The Morgan fingerprint density at radius 2 is 1.58 bits per heavy atom. The van der Waals surface area contributed by atoms with Crippen LogP contribution in [0.3, 0.4) is 0 Å². The van der Waals surface area contributed by atoms with Crippen molar-refractivity contribution in [3.63, 3.8) is 0 Å². The van der Waals surface area contributed by atoms with Gasteiger partial charge in [-0.3, -0.25) is 9.10 Å². The molecule has 3 aromatic carbocycles. The number of piperazine rings is 1. The van der Waals surface area contributed by atoms with E-state index in [1.54, 1.807) is 23.1 Å². The quantitative estimate of drug-likeness (QED) is 0.527. The fourth-order valence-electron chi connectivity index (χ4n) is 3.75. The molecule has 0 bridgehead atoms. The third kappa shape index (κ3) is 5.29. The molecule has 0 N–H and O–H groups in total. The summed E-state index contributed by atoms with van der Waals surface area (Å²) in [6, 6.07) is 20.5. The van der Waals surface area contributed by atoms with Crippen molar-refractivity contribution < 1.29 is 17.6 Å².